The standard InChI is InChI=1S/C10H8ClN3OS/c11-6-4-7(14-10(12)16)9(15)8-5(6)2-1-3-13-8/h1-4,15H,(H3,12,14,16). The van der Waals surface area contributed by atoms with Crippen molar-refractivity contribution in [2.45, 2.75) is 0 Å². The number of fused-ring (bicyclic) bond motifs is 1. The summed E-state index contributed by atoms with van der Waals surface area (Å²) in [6.07, 6.45) is 1.57. The zero-order valence-corrected chi connectivity index (χ0v) is 9.64. The van der Waals surface area contributed by atoms with E-state index in [0.717, 1.165) is 0 Å². The molecule has 0 unspecified atom stereocenters. The highest BCUT2D eigenvalue weighted by atomic mass is 35.5. The third-order valence-electron chi connectivity index (χ3n) is 2.07. The van der Waals surface area contributed by atoms with Gasteiger partial charge in [0.15, 0.2) is 10.9 Å². The molecule has 1 heterocycles. The van der Waals surface area contributed by atoms with Gasteiger partial charge in [-0.05, 0) is 30.4 Å². The fraction of sp³-hybridized carbons (Fsp3) is 0. The molecule has 0 aliphatic rings. The molecule has 0 aliphatic carbocycles. The van der Waals surface area contributed by atoms with Gasteiger partial charge in [-0.1, -0.05) is 11.6 Å². The largest absolute Gasteiger partial charge is 0.504 e. The van der Waals surface area contributed by atoms with Gasteiger partial charge in [0.05, 0.1) is 10.7 Å². The van der Waals surface area contributed by atoms with Crippen LogP contribution in [0.4, 0.5) is 5.69 Å². The van der Waals surface area contributed by atoms with Gasteiger partial charge in [0, 0.05) is 11.6 Å². The monoisotopic (exact) mass is 253 g/mol. The molecule has 0 amide bonds. The highest BCUT2D eigenvalue weighted by Crippen LogP contribution is 2.36. The van der Waals surface area contributed by atoms with E-state index in [1.54, 1.807) is 24.4 Å². The number of nitrogens with zero attached hydrogens (tertiary/aromatic N) is 1. The number of aromatic hydroxyl groups is 1. The predicted molar refractivity (Wildman–Crippen MR) is 68.8 cm³/mol. The Kier molecular flexibility index (Phi) is 2.80. The smallest absolute Gasteiger partial charge is 0.168 e. The summed E-state index contributed by atoms with van der Waals surface area (Å²) in [7, 11) is 0. The number of halogens is 1. The highest BCUT2D eigenvalue weighted by molar-refractivity contribution is 7.80. The normalized spacial score (nSPS) is 10.3. The van der Waals surface area contributed by atoms with Crippen molar-refractivity contribution in [2.24, 2.45) is 5.73 Å². The molecule has 82 valence electrons. The maximum atomic E-state index is 9.92. The van der Waals surface area contributed by atoms with Gasteiger partial charge in [-0.2, -0.15) is 0 Å². The zero-order chi connectivity index (χ0) is 11.7. The molecule has 0 radical (unpaired) electrons. The molecule has 0 saturated heterocycles. The van der Waals surface area contributed by atoms with Gasteiger partial charge < -0.3 is 16.2 Å². The second-order valence-corrected chi connectivity index (χ2v) is 3.99. The fourth-order valence-electron chi connectivity index (χ4n) is 1.42. The molecular weight excluding hydrogens is 246 g/mol. The Labute approximate surface area is 102 Å². The van der Waals surface area contributed by atoms with Gasteiger partial charge >= 0.3 is 0 Å². The van der Waals surface area contributed by atoms with Crippen molar-refractivity contribution in [1.82, 2.24) is 4.98 Å². The number of phenolic OH excluding ortho intramolecular Hbond substituents is 1. The molecule has 4 nitrogen and oxygen atoms in total. The van der Waals surface area contributed by atoms with Crippen LogP contribution in [0.1, 0.15) is 0 Å². The van der Waals surface area contributed by atoms with Crippen molar-refractivity contribution in [3.63, 3.8) is 0 Å². The van der Waals surface area contributed by atoms with Crippen LogP contribution in [0.3, 0.4) is 0 Å². The first-order chi connectivity index (χ1) is 7.59. The Morgan fingerprint density at radius 3 is 3.00 bits per heavy atom. The van der Waals surface area contributed by atoms with Crippen molar-refractivity contribution in [1.29, 1.82) is 0 Å². The number of nitrogens with two attached hydrogens (primary N) is 1. The average Bonchev–Trinajstić information content (AvgIpc) is 2.25. The number of anilines is 1. The van der Waals surface area contributed by atoms with E-state index >= 15 is 0 Å². The third kappa shape index (κ3) is 1.87. The maximum absolute atomic E-state index is 9.92. The van der Waals surface area contributed by atoms with Crippen LogP contribution >= 0.6 is 23.8 Å². The molecule has 1 aromatic carbocycles. The minimum Gasteiger partial charge on any atom is -0.504 e. The summed E-state index contributed by atoms with van der Waals surface area (Å²) in [4.78, 5) is 4.05. The highest BCUT2D eigenvalue weighted by Gasteiger charge is 2.11. The molecule has 0 atom stereocenters. The number of phenols is 1. The van der Waals surface area contributed by atoms with Crippen molar-refractivity contribution in [3.8, 4) is 5.75 Å². The van der Waals surface area contributed by atoms with Crippen molar-refractivity contribution < 1.29 is 5.11 Å². The lowest BCUT2D eigenvalue weighted by Gasteiger charge is -2.09. The van der Waals surface area contributed by atoms with Gasteiger partial charge in [0.2, 0.25) is 0 Å². The maximum Gasteiger partial charge on any atom is 0.168 e. The molecular formula is C10H8ClN3OS. The number of benzene rings is 1. The van der Waals surface area contributed by atoms with E-state index in [1.165, 1.54) is 0 Å². The first-order valence-corrected chi connectivity index (χ1v) is 5.21. The molecule has 0 aliphatic heterocycles. The number of thiocarbonyl (C=S) groups is 1. The van der Waals surface area contributed by atoms with Gasteiger partial charge in [-0.25, -0.2) is 0 Å². The summed E-state index contributed by atoms with van der Waals surface area (Å²) in [6.45, 7) is 0. The Balaban J connectivity index is 2.70. The Morgan fingerprint density at radius 1 is 1.56 bits per heavy atom. The van der Waals surface area contributed by atoms with Crippen LogP contribution in [0.15, 0.2) is 24.4 Å². The predicted octanol–water partition coefficient (Wildman–Crippen LogP) is 2.25. The average molecular weight is 254 g/mol. The number of nitrogens with one attached hydrogen (secondary N) is 1. The topological polar surface area (TPSA) is 71.2 Å². The van der Waals surface area contributed by atoms with Crippen LogP contribution in [0, 0.1) is 0 Å². The van der Waals surface area contributed by atoms with E-state index in [9.17, 15) is 5.11 Å². The summed E-state index contributed by atoms with van der Waals surface area (Å²) in [5.74, 6) is -0.0206. The van der Waals surface area contributed by atoms with Crippen LogP contribution in [-0.2, 0) is 0 Å². The minimum atomic E-state index is -0.0206. The summed E-state index contributed by atoms with van der Waals surface area (Å²) < 4.78 is 0. The van der Waals surface area contributed by atoms with Crippen LogP contribution in [0.25, 0.3) is 10.9 Å². The lowest BCUT2D eigenvalue weighted by atomic mass is 10.2. The Bertz CT molecular complexity index is 573. The lowest BCUT2D eigenvalue weighted by molar-refractivity contribution is 0.483. The minimum absolute atomic E-state index is 0.0206. The second-order valence-electron chi connectivity index (χ2n) is 3.14. The first-order valence-electron chi connectivity index (χ1n) is 4.42. The zero-order valence-electron chi connectivity index (χ0n) is 8.07. The molecule has 2 rings (SSSR count). The number of hydrogen-bond acceptors (Lipinski definition) is 3. The molecule has 1 aromatic heterocycles. The molecule has 4 N–H and O–H groups in total. The molecule has 0 saturated carbocycles. The van der Waals surface area contributed by atoms with Crippen LogP contribution in [-0.4, -0.2) is 15.2 Å². The van der Waals surface area contributed by atoms with Crippen molar-refractivity contribution in [2.75, 3.05) is 5.32 Å². The van der Waals surface area contributed by atoms with E-state index in [0.29, 0.717) is 21.6 Å². The van der Waals surface area contributed by atoms with E-state index < -0.39 is 0 Å². The molecule has 6 heteroatoms. The Hall–Kier alpha value is -1.59. The summed E-state index contributed by atoms with van der Waals surface area (Å²) in [5.41, 5.74) is 6.09. The number of hydrogen-bond donors (Lipinski definition) is 3. The van der Waals surface area contributed by atoms with Crippen molar-refractivity contribution in [3.05, 3.63) is 29.4 Å². The SMILES string of the molecule is NC(=S)Nc1cc(Cl)c2cccnc2c1O. The lowest BCUT2D eigenvalue weighted by Crippen LogP contribution is -2.19. The molecule has 0 bridgehead atoms. The summed E-state index contributed by atoms with van der Waals surface area (Å²) >= 11 is 10.7. The fourth-order valence-corrected chi connectivity index (χ4v) is 1.79. The van der Waals surface area contributed by atoms with E-state index in [-0.39, 0.29) is 10.9 Å². The summed E-state index contributed by atoms with van der Waals surface area (Å²) in [6, 6.07) is 5.07. The van der Waals surface area contributed by atoms with Gasteiger partial charge in [0.1, 0.15) is 5.52 Å². The molecule has 16 heavy (non-hydrogen) atoms. The second kappa shape index (κ2) is 4.11. The Morgan fingerprint density at radius 2 is 2.31 bits per heavy atom. The van der Waals surface area contributed by atoms with Gasteiger partial charge in [-0.15, -0.1) is 0 Å². The first kappa shape index (κ1) is 10.9. The third-order valence-corrected chi connectivity index (χ3v) is 2.49. The van der Waals surface area contributed by atoms with E-state index in [1.807, 2.05) is 0 Å². The van der Waals surface area contributed by atoms with E-state index in [4.69, 9.17) is 29.6 Å². The molecule has 2 aromatic rings. The van der Waals surface area contributed by atoms with Crippen LogP contribution in [0.5, 0.6) is 5.75 Å². The number of rotatable bonds is 1. The van der Waals surface area contributed by atoms with Gasteiger partial charge in [0.25, 0.3) is 0 Å². The van der Waals surface area contributed by atoms with E-state index in [2.05, 4.69) is 10.3 Å². The molecule has 0 spiro atoms. The van der Waals surface area contributed by atoms with Crippen LogP contribution in [0.2, 0.25) is 5.02 Å². The quantitative estimate of drug-likeness (QED) is 0.537. The van der Waals surface area contributed by atoms with Crippen molar-refractivity contribution >= 4 is 45.5 Å². The molecule has 0 fully saturated rings. The number of aromatic nitrogens is 1. The number of pyridine rings is 1. The van der Waals surface area contributed by atoms with Gasteiger partial charge in [-0.3, -0.25) is 4.98 Å². The summed E-state index contributed by atoms with van der Waals surface area (Å²) in [5, 5.41) is 13.8. The van der Waals surface area contributed by atoms with Crippen LogP contribution < -0.4 is 11.1 Å².